The molecule has 6 heteroatoms. The van der Waals surface area contributed by atoms with Gasteiger partial charge in [-0.25, -0.2) is 9.97 Å². The summed E-state index contributed by atoms with van der Waals surface area (Å²) in [5, 5.41) is 0. The van der Waals surface area contributed by atoms with Crippen molar-refractivity contribution in [3.63, 3.8) is 0 Å². The van der Waals surface area contributed by atoms with E-state index in [2.05, 4.69) is 45.1 Å². The van der Waals surface area contributed by atoms with Gasteiger partial charge in [0.05, 0.1) is 17.8 Å². The van der Waals surface area contributed by atoms with Gasteiger partial charge in [0.25, 0.3) is 5.91 Å². The standard InChI is InChI=1S/C23H23N5O/c29-22-20-15-24-23(25-21(20)17-28(22)19-9-5-2-6-10-19)27-13-11-26(12-14-27)16-18-7-3-1-4-8-18/h1-10,15H,11-14,16-17H2. The molecule has 0 radical (unpaired) electrons. The molecule has 1 saturated heterocycles. The zero-order valence-electron chi connectivity index (χ0n) is 16.2. The monoisotopic (exact) mass is 385 g/mol. The molecule has 0 N–H and O–H groups in total. The van der Waals surface area contributed by atoms with Gasteiger partial charge >= 0.3 is 0 Å². The summed E-state index contributed by atoms with van der Waals surface area (Å²) >= 11 is 0. The van der Waals surface area contributed by atoms with Crippen LogP contribution in [0, 0.1) is 0 Å². The molecule has 0 aliphatic carbocycles. The van der Waals surface area contributed by atoms with Crippen LogP contribution in [0.2, 0.25) is 0 Å². The van der Waals surface area contributed by atoms with Gasteiger partial charge in [-0.1, -0.05) is 48.5 Å². The fraction of sp³-hybridized carbons (Fsp3) is 0.261. The normalized spacial score (nSPS) is 16.9. The summed E-state index contributed by atoms with van der Waals surface area (Å²) in [4.78, 5) is 28.4. The van der Waals surface area contributed by atoms with Crippen LogP contribution in [-0.4, -0.2) is 47.0 Å². The minimum absolute atomic E-state index is 0.0227. The first-order valence-corrected chi connectivity index (χ1v) is 10.0. The Hall–Kier alpha value is -3.25. The Morgan fingerprint density at radius 2 is 1.55 bits per heavy atom. The van der Waals surface area contributed by atoms with Crippen LogP contribution in [0.5, 0.6) is 0 Å². The molecular weight excluding hydrogens is 362 g/mol. The summed E-state index contributed by atoms with van der Waals surface area (Å²) in [7, 11) is 0. The van der Waals surface area contributed by atoms with Gasteiger partial charge in [-0.05, 0) is 17.7 Å². The van der Waals surface area contributed by atoms with E-state index in [-0.39, 0.29) is 5.91 Å². The van der Waals surface area contributed by atoms with Crippen LogP contribution in [0.3, 0.4) is 0 Å². The smallest absolute Gasteiger partial charge is 0.262 e. The van der Waals surface area contributed by atoms with E-state index in [1.54, 1.807) is 11.1 Å². The number of fused-ring (bicyclic) bond motifs is 1. The zero-order chi connectivity index (χ0) is 19.6. The molecule has 1 aromatic heterocycles. The topological polar surface area (TPSA) is 52.6 Å². The second-order valence-corrected chi connectivity index (χ2v) is 7.51. The van der Waals surface area contributed by atoms with E-state index in [9.17, 15) is 4.79 Å². The van der Waals surface area contributed by atoms with E-state index in [1.165, 1.54) is 5.56 Å². The maximum Gasteiger partial charge on any atom is 0.262 e. The van der Waals surface area contributed by atoms with Crippen LogP contribution in [0.4, 0.5) is 11.6 Å². The summed E-state index contributed by atoms with van der Waals surface area (Å²) in [6, 6.07) is 20.3. The highest BCUT2D eigenvalue weighted by Crippen LogP contribution is 2.27. The third-order valence-corrected chi connectivity index (χ3v) is 5.61. The fourth-order valence-electron chi connectivity index (χ4n) is 3.99. The summed E-state index contributed by atoms with van der Waals surface area (Å²) < 4.78 is 0. The number of amides is 1. The summed E-state index contributed by atoms with van der Waals surface area (Å²) in [6.07, 6.45) is 1.69. The van der Waals surface area contributed by atoms with Crippen molar-refractivity contribution in [1.29, 1.82) is 0 Å². The van der Waals surface area contributed by atoms with Gasteiger partial charge in [0.15, 0.2) is 0 Å². The molecule has 2 aliphatic rings. The molecular formula is C23H23N5O. The molecule has 3 heterocycles. The highest BCUT2D eigenvalue weighted by Gasteiger charge is 2.31. The molecule has 1 amide bonds. The van der Waals surface area contributed by atoms with Gasteiger partial charge < -0.3 is 9.80 Å². The molecule has 2 aromatic carbocycles. The SMILES string of the molecule is O=C1c2cnc(N3CCN(Cc4ccccc4)CC3)nc2CN1c1ccccc1. The number of rotatable bonds is 4. The summed E-state index contributed by atoms with van der Waals surface area (Å²) in [5.74, 6) is 0.705. The molecule has 146 valence electrons. The van der Waals surface area contributed by atoms with E-state index >= 15 is 0 Å². The number of hydrogen-bond donors (Lipinski definition) is 0. The van der Waals surface area contributed by atoms with Crippen LogP contribution in [0.25, 0.3) is 0 Å². The van der Waals surface area contributed by atoms with Gasteiger partial charge in [0.2, 0.25) is 5.95 Å². The van der Waals surface area contributed by atoms with Crippen molar-refractivity contribution in [3.05, 3.63) is 83.7 Å². The van der Waals surface area contributed by atoms with Crippen molar-refractivity contribution in [2.45, 2.75) is 13.1 Å². The van der Waals surface area contributed by atoms with Crippen LogP contribution < -0.4 is 9.80 Å². The first-order chi connectivity index (χ1) is 14.3. The number of benzene rings is 2. The Labute approximate surface area is 170 Å². The lowest BCUT2D eigenvalue weighted by Gasteiger charge is -2.34. The van der Waals surface area contributed by atoms with Crippen molar-refractivity contribution >= 4 is 17.5 Å². The molecule has 0 unspecified atom stereocenters. The maximum atomic E-state index is 12.7. The summed E-state index contributed by atoms with van der Waals surface area (Å²) in [6.45, 7) is 5.21. The van der Waals surface area contributed by atoms with E-state index in [4.69, 9.17) is 4.98 Å². The second-order valence-electron chi connectivity index (χ2n) is 7.51. The molecule has 0 saturated carbocycles. The second kappa shape index (κ2) is 7.64. The molecule has 0 bridgehead atoms. The molecule has 5 rings (SSSR count). The zero-order valence-corrected chi connectivity index (χ0v) is 16.2. The number of nitrogens with zero attached hydrogens (tertiary/aromatic N) is 5. The van der Waals surface area contributed by atoms with Crippen LogP contribution in [-0.2, 0) is 13.1 Å². The number of carbonyl (C=O) groups is 1. The minimum atomic E-state index is -0.0227. The van der Waals surface area contributed by atoms with Gasteiger partial charge in [0, 0.05) is 44.6 Å². The average Bonchev–Trinajstić information content (AvgIpc) is 3.11. The predicted molar refractivity (Wildman–Crippen MR) is 113 cm³/mol. The average molecular weight is 385 g/mol. The Morgan fingerprint density at radius 1 is 0.862 bits per heavy atom. The van der Waals surface area contributed by atoms with Gasteiger partial charge in [0.1, 0.15) is 0 Å². The van der Waals surface area contributed by atoms with Crippen LogP contribution in [0.1, 0.15) is 21.6 Å². The Morgan fingerprint density at radius 3 is 2.28 bits per heavy atom. The number of anilines is 2. The third kappa shape index (κ3) is 3.59. The maximum absolute atomic E-state index is 12.7. The van der Waals surface area contributed by atoms with E-state index in [0.717, 1.165) is 50.1 Å². The number of para-hydroxylation sites is 1. The van der Waals surface area contributed by atoms with E-state index < -0.39 is 0 Å². The van der Waals surface area contributed by atoms with Crippen molar-refractivity contribution in [3.8, 4) is 0 Å². The van der Waals surface area contributed by atoms with Gasteiger partial charge in [-0.2, -0.15) is 0 Å². The predicted octanol–water partition coefficient (Wildman–Crippen LogP) is 2.96. The molecule has 6 nitrogen and oxygen atoms in total. The Kier molecular flexibility index (Phi) is 4.69. The van der Waals surface area contributed by atoms with Crippen molar-refractivity contribution in [1.82, 2.24) is 14.9 Å². The molecule has 2 aliphatic heterocycles. The summed E-state index contributed by atoms with van der Waals surface area (Å²) in [5.41, 5.74) is 3.66. The molecule has 1 fully saturated rings. The minimum Gasteiger partial charge on any atom is -0.338 e. The number of aromatic nitrogens is 2. The number of piperazine rings is 1. The lowest BCUT2D eigenvalue weighted by molar-refractivity contribution is 0.0996. The molecule has 0 spiro atoms. The first kappa shape index (κ1) is 17.8. The van der Waals surface area contributed by atoms with Crippen molar-refractivity contribution < 1.29 is 4.79 Å². The fourth-order valence-corrected chi connectivity index (χ4v) is 3.99. The Bertz CT molecular complexity index is 1000. The van der Waals surface area contributed by atoms with Crippen LogP contribution >= 0.6 is 0 Å². The number of hydrogen-bond acceptors (Lipinski definition) is 5. The molecule has 29 heavy (non-hydrogen) atoms. The van der Waals surface area contributed by atoms with Crippen molar-refractivity contribution in [2.75, 3.05) is 36.0 Å². The lowest BCUT2D eigenvalue weighted by atomic mass is 10.2. The largest absolute Gasteiger partial charge is 0.338 e. The van der Waals surface area contributed by atoms with E-state index in [1.807, 2.05) is 30.3 Å². The number of carbonyl (C=O) groups excluding carboxylic acids is 1. The van der Waals surface area contributed by atoms with Crippen LogP contribution in [0.15, 0.2) is 66.9 Å². The van der Waals surface area contributed by atoms with E-state index in [0.29, 0.717) is 12.1 Å². The third-order valence-electron chi connectivity index (χ3n) is 5.61. The van der Waals surface area contributed by atoms with Crippen molar-refractivity contribution in [2.24, 2.45) is 0 Å². The quantitative estimate of drug-likeness (QED) is 0.691. The first-order valence-electron chi connectivity index (χ1n) is 10.0. The molecule has 3 aromatic rings. The molecule has 0 atom stereocenters. The highest BCUT2D eigenvalue weighted by atomic mass is 16.2. The highest BCUT2D eigenvalue weighted by molar-refractivity contribution is 6.09. The lowest BCUT2D eigenvalue weighted by Crippen LogP contribution is -2.46. The van der Waals surface area contributed by atoms with Gasteiger partial charge in [-0.15, -0.1) is 0 Å². The van der Waals surface area contributed by atoms with Gasteiger partial charge in [-0.3, -0.25) is 9.69 Å². The Balaban J connectivity index is 1.26.